The van der Waals surface area contributed by atoms with E-state index in [9.17, 15) is 8.42 Å². The van der Waals surface area contributed by atoms with Gasteiger partial charge in [-0.15, -0.1) is 10.2 Å². The Morgan fingerprint density at radius 1 is 1.32 bits per heavy atom. The summed E-state index contributed by atoms with van der Waals surface area (Å²) in [6.07, 6.45) is 0. The number of nitrogens with zero attached hydrogens (tertiary/aromatic N) is 2. The van der Waals surface area contributed by atoms with Crippen LogP contribution in [0.4, 0.5) is 10.8 Å². The second-order valence-corrected chi connectivity index (χ2v) is 7.11. The maximum absolute atomic E-state index is 12.2. The fraction of sp³-hybridized carbons (Fsp3) is 0.200. The molecule has 0 aliphatic heterocycles. The van der Waals surface area contributed by atoms with Crippen molar-refractivity contribution < 1.29 is 8.42 Å². The van der Waals surface area contributed by atoms with E-state index in [4.69, 9.17) is 17.3 Å². The predicted octanol–water partition coefficient (Wildman–Crippen LogP) is 2.19. The Kier molecular flexibility index (Phi) is 3.66. The van der Waals surface area contributed by atoms with Crippen molar-refractivity contribution in [1.82, 2.24) is 10.2 Å². The van der Waals surface area contributed by atoms with E-state index < -0.39 is 10.0 Å². The second kappa shape index (κ2) is 4.95. The van der Waals surface area contributed by atoms with Crippen LogP contribution < -0.4 is 10.5 Å². The van der Waals surface area contributed by atoms with Crippen LogP contribution in [0, 0.1) is 13.8 Å². The van der Waals surface area contributed by atoms with E-state index in [1.54, 1.807) is 13.8 Å². The third-order valence-corrected chi connectivity index (χ3v) is 5.02. The van der Waals surface area contributed by atoms with Crippen LogP contribution >= 0.6 is 22.9 Å². The smallest absolute Gasteiger partial charge is 0.264 e. The van der Waals surface area contributed by atoms with Crippen molar-refractivity contribution in [2.24, 2.45) is 0 Å². The van der Waals surface area contributed by atoms with Gasteiger partial charge in [0.1, 0.15) is 5.01 Å². The zero-order chi connectivity index (χ0) is 14.2. The molecule has 0 fully saturated rings. The molecule has 0 aliphatic carbocycles. The highest BCUT2D eigenvalue weighted by Crippen LogP contribution is 2.28. The standard InChI is InChI=1S/C10H11ClN4O2S2/c1-5-3-7(11)8(12)4-9(5)19(16,17)15-10-14-13-6(2)18-10/h3-4H,12H2,1-2H3,(H,14,15). The molecular weight excluding hydrogens is 308 g/mol. The zero-order valence-electron chi connectivity index (χ0n) is 10.1. The number of benzene rings is 1. The number of anilines is 2. The van der Waals surface area contributed by atoms with E-state index in [0.29, 0.717) is 15.6 Å². The lowest BCUT2D eigenvalue weighted by Gasteiger charge is -2.09. The molecule has 0 bridgehead atoms. The normalized spacial score (nSPS) is 11.5. The lowest BCUT2D eigenvalue weighted by molar-refractivity contribution is 0.600. The monoisotopic (exact) mass is 318 g/mol. The van der Waals surface area contributed by atoms with Gasteiger partial charge in [0.25, 0.3) is 10.0 Å². The first-order valence-electron chi connectivity index (χ1n) is 5.18. The zero-order valence-corrected chi connectivity index (χ0v) is 12.5. The summed E-state index contributed by atoms with van der Waals surface area (Å²) in [5, 5.41) is 8.67. The lowest BCUT2D eigenvalue weighted by atomic mass is 10.2. The van der Waals surface area contributed by atoms with Crippen LogP contribution in [0.2, 0.25) is 5.02 Å². The molecule has 19 heavy (non-hydrogen) atoms. The number of hydrogen-bond donors (Lipinski definition) is 2. The average molecular weight is 319 g/mol. The molecular formula is C10H11ClN4O2S2. The van der Waals surface area contributed by atoms with Gasteiger partial charge in [-0.3, -0.25) is 4.72 Å². The molecule has 2 rings (SSSR count). The summed E-state index contributed by atoms with van der Waals surface area (Å²) in [7, 11) is -3.75. The lowest BCUT2D eigenvalue weighted by Crippen LogP contribution is -2.14. The highest BCUT2D eigenvalue weighted by Gasteiger charge is 2.20. The van der Waals surface area contributed by atoms with Crippen molar-refractivity contribution in [2.45, 2.75) is 18.7 Å². The van der Waals surface area contributed by atoms with Crippen LogP contribution in [0.5, 0.6) is 0 Å². The number of sulfonamides is 1. The van der Waals surface area contributed by atoms with Gasteiger partial charge in [0.05, 0.1) is 15.6 Å². The van der Waals surface area contributed by atoms with Crippen molar-refractivity contribution >= 4 is 43.8 Å². The van der Waals surface area contributed by atoms with Crippen molar-refractivity contribution in [2.75, 3.05) is 10.5 Å². The Labute approximate surface area is 119 Å². The molecule has 0 unspecified atom stereocenters. The third-order valence-electron chi connectivity index (χ3n) is 2.33. The highest BCUT2D eigenvalue weighted by atomic mass is 35.5. The van der Waals surface area contributed by atoms with E-state index in [0.717, 1.165) is 11.3 Å². The fourth-order valence-corrected chi connectivity index (χ4v) is 3.77. The van der Waals surface area contributed by atoms with Crippen LogP contribution in [0.3, 0.4) is 0 Å². The summed E-state index contributed by atoms with van der Waals surface area (Å²) in [5.41, 5.74) is 6.35. The molecule has 0 spiro atoms. The predicted molar refractivity (Wildman–Crippen MR) is 76.1 cm³/mol. The number of nitrogens with two attached hydrogens (primary N) is 1. The van der Waals surface area contributed by atoms with Gasteiger partial charge >= 0.3 is 0 Å². The number of nitrogen functional groups attached to an aromatic ring is 1. The molecule has 1 aromatic heterocycles. The van der Waals surface area contributed by atoms with Crippen LogP contribution in [0.25, 0.3) is 0 Å². The minimum atomic E-state index is -3.75. The first-order valence-corrected chi connectivity index (χ1v) is 7.86. The molecule has 1 aromatic carbocycles. The highest BCUT2D eigenvalue weighted by molar-refractivity contribution is 7.93. The number of aryl methyl sites for hydroxylation is 2. The Bertz CT molecular complexity index is 727. The van der Waals surface area contributed by atoms with Crippen LogP contribution in [-0.2, 0) is 10.0 Å². The van der Waals surface area contributed by atoms with Crippen molar-refractivity contribution in [3.05, 3.63) is 27.7 Å². The molecule has 102 valence electrons. The minimum absolute atomic E-state index is 0.0715. The van der Waals surface area contributed by atoms with E-state index in [-0.39, 0.29) is 15.7 Å². The molecule has 2 aromatic rings. The number of aromatic nitrogens is 2. The van der Waals surface area contributed by atoms with Gasteiger partial charge in [0.2, 0.25) is 5.13 Å². The molecule has 0 amide bonds. The molecule has 1 heterocycles. The molecule has 0 saturated carbocycles. The summed E-state index contributed by atoms with van der Waals surface area (Å²) in [6, 6.07) is 2.84. The van der Waals surface area contributed by atoms with Crippen molar-refractivity contribution in [1.29, 1.82) is 0 Å². The number of halogens is 1. The first kappa shape index (κ1) is 14.0. The van der Waals surface area contributed by atoms with Crippen molar-refractivity contribution in [3.8, 4) is 0 Å². The quantitative estimate of drug-likeness (QED) is 0.845. The fourth-order valence-electron chi connectivity index (χ4n) is 1.47. The van der Waals surface area contributed by atoms with Gasteiger partial charge in [-0.2, -0.15) is 0 Å². The first-order chi connectivity index (χ1) is 8.79. The minimum Gasteiger partial charge on any atom is -0.397 e. The van der Waals surface area contributed by atoms with Gasteiger partial charge < -0.3 is 5.73 Å². The van der Waals surface area contributed by atoms with E-state index in [1.165, 1.54) is 12.1 Å². The summed E-state index contributed by atoms with van der Waals surface area (Å²) in [5.74, 6) is 0. The molecule has 0 aliphatic rings. The van der Waals surface area contributed by atoms with Gasteiger partial charge in [0.15, 0.2) is 0 Å². The van der Waals surface area contributed by atoms with Crippen LogP contribution in [0.15, 0.2) is 17.0 Å². The second-order valence-electron chi connectivity index (χ2n) is 3.87. The molecule has 0 saturated heterocycles. The van der Waals surface area contributed by atoms with Crippen molar-refractivity contribution in [3.63, 3.8) is 0 Å². The topological polar surface area (TPSA) is 98.0 Å². The Balaban J connectivity index is 2.42. The number of rotatable bonds is 3. The summed E-state index contributed by atoms with van der Waals surface area (Å²) in [4.78, 5) is 0.0715. The SMILES string of the molecule is Cc1nnc(NS(=O)(=O)c2cc(N)c(Cl)cc2C)s1. The summed E-state index contributed by atoms with van der Waals surface area (Å²) >= 11 is 6.99. The van der Waals surface area contributed by atoms with E-state index >= 15 is 0 Å². The molecule has 3 N–H and O–H groups in total. The molecule has 9 heteroatoms. The van der Waals surface area contributed by atoms with E-state index in [1.807, 2.05) is 0 Å². The Morgan fingerprint density at radius 3 is 2.58 bits per heavy atom. The van der Waals surface area contributed by atoms with Gasteiger partial charge in [0, 0.05) is 0 Å². The van der Waals surface area contributed by atoms with Gasteiger partial charge in [-0.05, 0) is 31.5 Å². The largest absolute Gasteiger partial charge is 0.397 e. The summed E-state index contributed by atoms with van der Waals surface area (Å²) in [6.45, 7) is 3.38. The maximum atomic E-state index is 12.2. The van der Waals surface area contributed by atoms with Gasteiger partial charge in [-0.25, -0.2) is 8.42 Å². The number of hydrogen-bond acceptors (Lipinski definition) is 6. The molecule has 6 nitrogen and oxygen atoms in total. The number of nitrogens with one attached hydrogen (secondary N) is 1. The Morgan fingerprint density at radius 2 is 2.00 bits per heavy atom. The Hall–Kier alpha value is -1.38. The van der Waals surface area contributed by atoms with Gasteiger partial charge in [-0.1, -0.05) is 22.9 Å². The van der Waals surface area contributed by atoms with Crippen LogP contribution in [-0.4, -0.2) is 18.6 Å². The molecule has 0 atom stereocenters. The average Bonchev–Trinajstić information content (AvgIpc) is 2.68. The summed E-state index contributed by atoms with van der Waals surface area (Å²) < 4.78 is 26.8. The van der Waals surface area contributed by atoms with Crippen LogP contribution in [0.1, 0.15) is 10.6 Å². The maximum Gasteiger partial charge on any atom is 0.264 e. The third kappa shape index (κ3) is 2.96. The molecule has 0 radical (unpaired) electrons. The van der Waals surface area contributed by atoms with E-state index in [2.05, 4.69) is 14.9 Å².